The Morgan fingerprint density at radius 2 is 1.65 bits per heavy atom. The number of nitrogens with zero attached hydrogens (tertiary/aromatic N) is 1. The van der Waals surface area contributed by atoms with Crippen molar-refractivity contribution < 1.29 is 23.9 Å². The number of thioether (sulfide) groups is 2. The smallest absolute Gasteiger partial charge is 0.306 e. The van der Waals surface area contributed by atoms with E-state index >= 15 is 0 Å². The molecule has 1 aliphatic rings. The van der Waals surface area contributed by atoms with Gasteiger partial charge in [-0.1, -0.05) is 17.7 Å². The zero-order valence-corrected chi connectivity index (χ0v) is 22.4. The molecule has 9 heteroatoms. The van der Waals surface area contributed by atoms with Crippen LogP contribution in [-0.2, 0) is 23.9 Å². The highest BCUT2D eigenvalue weighted by molar-refractivity contribution is 8.06. The van der Waals surface area contributed by atoms with Crippen molar-refractivity contribution in [3.63, 3.8) is 0 Å². The van der Waals surface area contributed by atoms with E-state index in [1.165, 1.54) is 0 Å². The molecule has 2 rings (SSSR count). The Morgan fingerprint density at radius 3 is 2.24 bits per heavy atom. The van der Waals surface area contributed by atoms with Gasteiger partial charge >= 0.3 is 11.9 Å². The van der Waals surface area contributed by atoms with Crippen LogP contribution in [0, 0.1) is 0 Å². The van der Waals surface area contributed by atoms with Gasteiger partial charge in [0.2, 0.25) is 5.91 Å². The fourth-order valence-electron chi connectivity index (χ4n) is 3.80. The van der Waals surface area contributed by atoms with E-state index in [-0.39, 0.29) is 29.5 Å². The number of amides is 1. The molecule has 0 unspecified atom stereocenters. The summed E-state index contributed by atoms with van der Waals surface area (Å²) in [4.78, 5) is 40.4. The van der Waals surface area contributed by atoms with Crippen LogP contribution in [0.2, 0.25) is 0 Å². The van der Waals surface area contributed by atoms with Gasteiger partial charge < -0.3 is 19.7 Å². The molecule has 34 heavy (non-hydrogen) atoms. The van der Waals surface area contributed by atoms with Crippen LogP contribution in [0.15, 0.2) is 34.7 Å². The number of nitrogens with one attached hydrogen (secondary N) is 1. The van der Waals surface area contributed by atoms with Crippen molar-refractivity contribution in [1.82, 2.24) is 0 Å². The summed E-state index contributed by atoms with van der Waals surface area (Å²) in [7, 11) is 0. The number of fused-ring (bicyclic) bond motifs is 1. The van der Waals surface area contributed by atoms with Crippen LogP contribution in [0.25, 0.3) is 0 Å². The van der Waals surface area contributed by atoms with Gasteiger partial charge in [0, 0.05) is 18.1 Å². The Morgan fingerprint density at radius 1 is 1.03 bits per heavy atom. The zero-order chi connectivity index (χ0) is 25.1. The summed E-state index contributed by atoms with van der Waals surface area (Å²) in [6.45, 7) is 11.0. The van der Waals surface area contributed by atoms with Crippen LogP contribution < -0.4 is 10.2 Å². The Balaban J connectivity index is 2.33. The second-order valence-corrected chi connectivity index (χ2v) is 10.2. The largest absolute Gasteiger partial charge is 0.466 e. The molecule has 0 aliphatic carbocycles. The molecule has 1 heterocycles. The zero-order valence-electron chi connectivity index (χ0n) is 20.7. The molecule has 1 aliphatic heterocycles. The van der Waals surface area contributed by atoms with Gasteiger partial charge in [-0.2, -0.15) is 0 Å². The third-order valence-corrected chi connectivity index (χ3v) is 8.06. The van der Waals surface area contributed by atoms with Crippen molar-refractivity contribution in [1.29, 1.82) is 0 Å². The molecular weight excluding hydrogens is 472 g/mol. The summed E-state index contributed by atoms with van der Waals surface area (Å²) in [5.41, 5.74) is 2.87. The molecule has 7 nitrogen and oxygen atoms in total. The number of carbonyl (C=O) groups is 3. The van der Waals surface area contributed by atoms with Crippen molar-refractivity contribution in [3.8, 4) is 0 Å². The fourth-order valence-corrected chi connectivity index (χ4v) is 6.65. The first-order valence-corrected chi connectivity index (χ1v) is 13.8. The van der Waals surface area contributed by atoms with Crippen molar-refractivity contribution in [2.75, 3.05) is 41.5 Å². The number of likely N-dealkylation sites (N-methyl/N-ethyl adjacent to an activating group) is 1. The standard InChI is InChI=1S/C25H36N2O5S2/c1-6-27-19-12-10-9-11-18(19)26-25(30)22(27)24(34-16-14-21(29)32-8-3)23(17(4)5)33-15-13-20(28)31-7-2/h9-12,22,24H,6-8,13-16H2,1-5H3,(H,26,30)/t22-,24+/m0/s1. The second kappa shape index (κ2) is 14.3. The first-order valence-electron chi connectivity index (χ1n) is 11.7. The predicted octanol–water partition coefficient (Wildman–Crippen LogP) is 4.87. The van der Waals surface area contributed by atoms with E-state index in [1.807, 2.05) is 45.0 Å². The van der Waals surface area contributed by atoms with Crippen molar-refractivity contribution in [2.24, 2.45) is 0 Å². The highest BCUT2D eigenvalue weighted by Crippen LogP contribution is 2.41. The van der Waals surface area contributed by atoms with E-state index in [1.54, 1.807) is 37.4 Å². The summed E-state index contributed by atoms with van der Waals surface area (Å²) >= 11 is 3.17. The number of hydrogen-bond donors (Lipinski definition) is 1. The van der Waals surface area contributed by atoms with Crippen LogP contribution in [0.3, 0.4) is 0 Å². The number of ether oxygens (including phenoxy) is 2. The predicted molar refractivity (Wildman–Crippen MR) is 141 cm³/mol. The Kier molecular flexibility index (Phi) is 11.8. The number of benzene rings is 1. The third-order valence-electron chi connectivity index (χ3n) is 5.23. The fraction of sp³-hybridized carbons (Fsp3) is 0.560. The number of rotatable bonds is 13. The lowest BCUT2D eigenvalue weighted by atomic mass is 10.0. The number of carbonyl (C=O) groups excluding carboxylic acids is 3. The lowest BCUT2D eigenvalue weighted by Crippen LogP contribution is -2.54. The third kappa shape index (κ3) is 7.70. The van der Waals surface area contributed by atoms with E-state index < -0.39 is 6.04 Å². The minimum absolute atomic E-state index is 0.0704. The van der Waals surface area contributed by atoms with E-state index in [2.05, 4.69) is 10.2 Å². The highest BCUT2D eigenvalue weighted by atomic mass is 32.2. The molecule has 1 N–H and O–H groups in total. The van der Waals surface area contributed by atoms with Gasteiger partial charge in [-0.3, -0.25) is 14.4 Å². The van der Waals surface area contributed by atoms with E-state index in [0.717, 1.165) is 21.9 Å². The van der Waals surface area contributed by atoms with E-state index in [0.29, 0.717) is 37.7 Å². The molecule has 1 aromatic carbocycles. The molecule has 0 aromatic heterocycles. The normalized spacial score (nSPS) is 15.7. The number of esters is 2. The van der Waals surface area contributed by atoms with Gasteiger partial charge in [0.05, 0.1) is 42.7 Å². The maximum Gasteiger partial charge on any atom is 0.306 e. The van der Waals surface area contributed by atoms with Gasteiger partial charge in [-0.05, 0) is 51.7 Å². The Labute approximate surface area is 211 Å². The van der Waals surface area contributed by atoms with Crippen LogP contribution in [-0.4, -0.2) is 60.4 Å². The van der Waals surface area contributed by atoms with Gasteiger partial charge in [0.25, 0.3) is 0 Å². The van der Waals surface area contributed by atoms with Crippen LogP contribution in [0.1, 0.15) is 47.5 Å². The summed E-state index contributed by atoms with van der Waals surface area (Å²) in [5.74, 6) is 0.550. The van der Waals surface area contributed by atoms with E-state index in [4.69, 9.17) is 9.47 Å². The molecule has 0 saturated carbocycles. The molecule has 0 bridgehead atoms. The molecule has 2 atom stereocenters. The number of para-hydroxylation sites is 2. The SMILES string of the molecule is CCOC(=O)CCSC(=C(C)C)[C@H](SCCC(=O)OCC)[C@H]1C(=O)Nc2ccccc2N1CC. The Hall–Kier alpha value is -2.13. The molecule has 0 fully saturated rings. The van der Waals surface area contributed by atoms with Crippen molar-refractivity contribution in [3.05, 3.63) is 34.7 Å². The Bertz CT molecular complexity index is 886. The maximum atomic E-state index is 13.4. The van der Waals surface area contributed by atoms with Gasteiger partial charge in [0.1, 0.15) is 6.04 Å². The first-order chi connectivity index (χ1) is 16.3. The van der Waals surface area contributed by atoms with Crippen LogP contribution >= 0.6 is 23.5 Å². The maximum absolute atomic E-state index is 13.4. The highest BCUT2D eigenvalue weighted by Gasteiger charge is 2.40. The minimum atomic E-state index is -0.452. The molecule has 0 saturated heterocycles. The van der Waals surface area contributed by atoms with Crippen molar-refractivity contribution >= 4 is 52.7 Å². The first kappa shape index (κ1) is 28.1. The number of hydrogen-bond acceptors (Lipinski definition) is 8. The molecule has 188 valence electrons. The average Bonchev–Trinajstić information content (AvgIpc) is 2.79. The second-order valence-electron chi connectivity index (χ2n) is 7.85. The molecule has 1 amide bonds. The van der Waals surface area contributed by atoms with Gasteiger partial charge in [0.15, 0.2) is 0 Å². The molecule has 0 radical (unpaired) electrons. The van der Waals surface area contributed by atoms with Crippen molar-refractivity contribution in [2.45, 2.75) is 58.8 Å². The minimum Gasteiger partial charge on any atom is -0.466 e. The molecule has 1 aromatic rings. The lowest BCUT2D eigenvalue weighted by Gasteiger charge is -2.42. The summed E-state index contributed by atoms with van der Waals surface area (Å²) < 4.78 is 10.2. The summed E-state index contributed by atoms with van der Waals surface area (Å²) in [6.07, 6.45) is 0.572. The van der Waals surface area contributed by atoms with Gasteiger partial charge in [-0.25, -0.2) is 0 Å². The number of anilines is 2. The van der Waals surface area contributed by atoms with Crippen LogP contribution in [0.5, 0.6) is 0 Å². The van der Waals surface area contributed by atoms with E-state index in [9.17, 15) is 14.4 Å². The monoisotopic (exact) mass is 508 g/mol. The summed E-state index contributed by atoms with van der Waals surface area (Å²) in [6, 6.07) is 7.35. The quantitative estimate of drug-likeness (QED) is 0.378. The van der Waals surface area contributed by atoms with Gasteiger partial charge in [-0.15, -0.1) is 23.5 Å². The lowest BCUT2D eigenvalue weighted by molar-refractivity contribution is -0.143. The topological polar surface area (TPSA) is 84.9 Å². The molecule has 0 spiro atoms. The number of allylic oxidation sites excluding steroid dienone is 1. The van der Waals surface area contributed by atoms with Crippen LogP contribution in [0.4, 0.5) is 11.4 Å². The summed E-state index contributed by atoms with van der Waals surface area (Å²) in [5, 5.41) is 2.86. The average molecular weight is 509 g/mol. The molecular formula is C25H36N2O5S2.